The summed E-state index contributed by atoms with van der Waals surface area (Å²) in [6, 6.07) is 16.5. The van der Waals surface area contributed by atoms with E-state index in [1.54, 1.807) is 47.0 Å². The zero-order valence-corrected chi connectivity index (χ0v) is 16.4. The Morgan fingerprint density at radius 3 is 2.42 bits per heavy atom. The van der Waals surface area contributed by atoms with Gasteiger partial charge >= 0.3 is 6.18 Å². The number of hydrogen-bond acceptors (Lipinski definition) is 2. The molecule has 1 aromatic heterocycles. The fraction of sp³-hybridized carbons (Fsp3) is 0.130. The molecule has 0 aliphatic heterocycles. The second-order valence-electron chi connectivity index (χ2n) is 7.17. The average molecular weight is 424 g/mol. The summed E-state index contributed by atoms with van der Waals surface area (Å²) in [5.74, 6) is -0.873. The Hall–Kier alpha value is -3.81. The van der Waals surface area contributed by atoms with Gasteiger partial charge in [0.1, 0.15) is 0 Å². The third kappa shape index (κ3) is 3.84. The number of nitrogens with zero attached hydrogens (tertiary/aromatic N) is 1. The largest absolute Gasteiger partial charge is 0.416 e. The molecule has 1 heterocycles. The number of carbonyl (C=O) groups is 2. The van der Waals surface area contributed by atoms with Crippen LogP contribution in [0.5, 0.6) is 0 Å². The molecule has 1 radical (unpaired) electrons. The van der Waals surface area contributed by atoms with E-state index in [9.17, 15) is 22.8 Å². The lowest BCUT2D eigenvalue weighted by Gasteiger charge is -2.11. The van der Waals surface area contributed by atoms with Crippen LogP contribution in [-0.4, -0.2) is 16.4 Å². The number of benzene rings is 3. The number of amides is 2. The Labute approximate surface area is 175 Å². The standard InChI is InChI=1S/C23H17F3N3O2/c1-13(30)28-16-8-5-14(6-9-16)12-29-19-4-2-3-18(22(27)31)21(19)17-10-7-15(11-20(17)29)23(24,25)26/h2-9,11H,12H2,1H3,(H2,27,31)(H,28,30). The normalized spacial score (nSPS) is 11.7. The molecule has 2 amide bonds. The number of halogens is 3. The van der Waals surface area contributed by atoms with Crippen LogP contribution in [0.2, 0.25) is 0 Å². The summed E-state index contributed by atoms with van der Waals surface area (Å²) in [5.41, 5.74) is 7.19. The first-order chi connectivity index (χ1) is 14.6. The van der Waals surface area contributed by atoms with Gasteiger partial charge < -0.3 is 15.6 Å². The molecule has 31 heavy (non-hydrogen) atoms. The summed E-state index contributed by atoms with van der Waals surface area (Å²) in [4.78, 5) is 23.2. The summed E-state index contributed by atoms with van der Waals surface area (Å²) < 4.78 is 41.7. The molecule has 0 aliphatic rings. The predicted molar refractivity (Wildman–Crippen MR) is 112 cm³/mol. The number of alkyl halides is 3. The van der Waals surface area contributed by atoms with E-state index >= 15 is 0 Å². The number of nitrogens with one attached hydrogen (secondary N) is 1. The molecule has 3 N–H and O–H groups in total. The van der Waals surface area contributed by atoms with Crippen molar-refractivity contribution in [2.75, 3.05) is 5.32 Å². The first-order valence-corrected chi connectivity index (χ1v) is 9.35. The molecule has 0 atom stereocenters. The monoisotopic (exact) mass is 424 g/mol. The predicted octanol–water partition coefficient (Wildman–Crippen LogP) is 4.72. The molecule has 3 aromatic carbocycles. The van der Waals surface area contributed by atoms with Gasteiger partial charge in [0.2, 0.25) is 11.8 Å². The lowest BCUT2D eigenvalue weighted by atomic mass is 10.0. The molecule has 8 heteroatoms. The SMILES string of the molecule is CC(=O)Nc1ccc(Cn2c3cc(C(F)(F)F)c[c]c3c3c(C(N)=O)cccc32)cc1. The van der Waals surface area contributed by atoms with E-state index in [1.165, 1.54) is 6.92 Å². The van der Waals surface area contributed by atoms with Gasteiger partial charge in [0, 0.05) is 35.5 Å². The topological polar surface area (TPSA) is 77.1 Å². The van der Waals surface area contributed by atoms with E-state index in [-0.39, 0.29) is 18.0 Å². The smallest absolute Gasteiger partial charge is 0.366 e. The van der Waals surface area contributed by atoms with Crippen LogP contribution in [0.15, 0.2) is 54.6 Å². The van der Waals surface area contributed by atoms with E-state index in [0.717, 1.165) is 17.7 Å². The van der Waals surface area contributed by atoms with Gasteiger partial charge in [-0.15, -0.1) is 0 Å². The molecule has 5 nitrogen and oxygen atoms in total. The van der Waals surface area contributed by atoms with Crippen molar-refractivity contribution in [1.82, 2.24) is 4.57 Å². The minimum atomic E-state index is -4.53. The third-order valence-electron chi connectivity index (χ3n) is 5.00. The van der Waals surface area contributed by atoms with Gasteiger partial charge in [-0.1, -0.05) is 18.2 Å². The maximum Gasteiger partial charge on any atom is 0.416 e. The molecule has 0 fully saturated rings. The Morgan fingerprint density at radius 1 is 1.10 bits per heavy atom. The first kappa shape index (κ1) is 20.5. The molecule has 0 saturated carbocycles. The van der Waals surface area contributed by atoms with Gasteiger partial charge in [0.25, 0.3) is 0 Å². The number of carbonyl (C=O) groups excluding carboxylic acids is 2. The maximum atomic E-state index is 13.3. The van der Waals surface area contributed by atoms with Crippen molar-refractivity contribution in [3.8, 4) is 0 Å². The fourth-order valence-corrected chi connectivity index (χ4v) is 3.67. The van der Waals surface area contributed by atoms with Crippen molar-refractivity contribution in [3.05, 3.63) is 77.4 Å². The highest BCUT2D eigenvalue weighted by atomic mass is 19.4. The minimum Gasteiger partial charge on any atom is -0.366 e. The van der Waals surface area contributed by atoms with E-state index in [0.29, 0.717) is 27.5 Å². The Bertz CT molecular complexity index is 1320. The van der Waals surface area contributed by atoms with Crippen molar-refractivity contribution in [2.24, 2.45) is 5.73 Å². The van der Waals surface area contributed by atoms with Crippen LogP contribution < -0.4 is 11.1 Å². The Morgan fingerprint density at radius 2 is 1.81 bits per heavy atom. The second kappa shape index (κ2) is 7.46. The average Bonchev–Trinajstić information content (AvgIpc) is 3.01. The highest BCUT2D eigenvalue weighted by Crippen LogP contribution is 2.36. The van der Waals surface area contributed by atoms with Crippen molar-refractivity contribution < 1.29 is 22.8 Å². The number of aromatic nitrogens is 1. The third-order valence-corrected chi connectivity index (χ3v) is 5.00. The van der Waals surface area contributed by atoms with Crippen LogP contribution in [0.25, 0.3) is 21.8 Å². The minimum absolute atomic E-state index is 0.204. The van der Waals surface area contributed by atoms with Crippen LogP contribution in [0.1, 0.15) is 28.4 Å². The number of rotatable bonds is 4. The summed E-state index contributed by atoms with van der Waals surface area (Å²) in [6.07, 6.45) is -4.53. The molecule has 0 spiro atoms. The molecular formula is C23H17F3N3O2. The van der Waals surface area contributed by atoms with Crippen molar-refractivity contribution in [1.29, 1.82) is 0 Å². The van der Waals surface area contributed by atoms with Crippen LogP contribution in [0.3, 0.4) is 0 Å². The number of primary amides is 1. The molecule has 0 saturated heterocycles. The lowest BCUT2D eigenvalue weighted by molar-refractivity contribution is -0.137. The number of hydrogen-bond donors (Lipinski definition) is 2. The highest BCUT2D eigenvalue weighted by Gasteiger charge is 2.31. The Kier molecular flexibility index (Phi) is 4.93. The van der Waals surface area contributed by atoms with Crippen LogP contribution in [0, 0.1) is 6.07 Å². The number of nitrogens with two attached hydrogens (primary N) is 1. The Balaban J connectivity index is 1.92. The lowest BCUT2D eigenvalue weighted by Crippen LogP contribution is -2.11. The molecule has 157 valence electrons. The maximum absolute atomic E-state index is 13.3. The van der Waals surface area contributed by atoms with Gasteiger partial charge in [0.15, 0.2) is 0 Å². The number of fused-ring (bicyclic) bond motifs is 3. The molecule has 0 unspecified atom stereocenters. The van der Waals surface area contributed by atoms with E-state index < -0.39 is 17.6 Å². The molecular weight excluding hydrogens is 407 g/mol. The number of anilines is 1. The van der Waals surface area contributed by atoms with Crippen molar-refractivity contribution in [2.45, 2.75) is 19.6 Å². The summed E-state index contributed by atoms with van der Waals surface area (Å²) in [5, 5.41) is 3.53. The summed E-state index contributed by atoms with van der Waals surface area (Å²) >= 11 is 0. The van der Waals surface area contributed by atoms with Gasteiger partial charge in [-0.05, 0) is 48.0 Å². The van der Waals surface area contributed by atoms with Crippen molar-refractivity contribution >= 4 is 39.3 Å². The zero-order valence-electron chi connectivity index (χ0n) is 16.4. The summed E-state index contributed by atoms with van der Waals surface area (Å²) in [6.45, 7) is 1.65. The van der Waals surface area contributed by atoms with Gasteiger partial charge in [-0.25, -0.2) is 0 Å². The van der Waals surface area contributed by atoms with Crippen LogP contribution >= 0.6 is 0 Å². The van der Waals surface area contributed by atoms with E-state index in [4.69, 9.17) is 5.73 Å². The highest BCUT2D eigenvalue weighted by molar-refractivity contribution is 6.17. The first-order valence-electron chi connectivity index (χ1n) is 9.35. The zero-order chi connectivity index (χ0) is 22.3. The van der Waals surface area contributed by atoms with E-state index in [2.05, 4.69) is 11.4 Å². The summed E-state index contributed by atoms with van der Waals surface area (Å²) in [7, 11) is 0. The molecule has 0 bridgehead atoms. The van der Waals surface area contributed by atoms with E-state index in [1.807, 2.05) is 0 Å². The quantitative estimate of drug-likeness (QED) is 0.497. The fourth-order valence-electron chi connectivity index (χ4n) is 3.67. The molecule has 0 aliphatic carbocycles. The van der Waals surface area contributed by atoms with Gasteiger partial charge in [-0.3, -0.25) is 9.59 Å². The molecule has 4 rings (SSSR count). The van der Waals surface area contributed by atoms with Crippen LogP contribution in [-0.2, 0) is 17.5 Å². The van der Waals surface area contributed by atoms with Crippen LogP contribution in [0.4, 0.5) is 18.9 Å². The second-order valence-corrected chi connectivity index (χ2v) is 7.17. The van der Waals surface area contributed by atoms with Gasteiger partial charge in [0.05, 0.1) is 16.6 Å². The van der Waals surface area contributed by atoms with Gasteiger partial charge in [-0.2, -0.15) is 13.2 Å². The molecule has 4 aromatic rings. The van der Waals surface area contributed by atoms with Crippen molar-refractivity contribution in [3.63, 3.8) is 0 Å².